The molecular weight excluding hydrogens is 395 g/mol. The van der Waals surface area contributed by atoms with Gasteiger partial charge in [-0.05, 0) is 30.7 Å². The second-order valence-electron chi connectivity index (χ2n) is 5.88. The van der Waals surface area contributed by atoms with E-state index in [0.717, 1.165) is 6.07 Å². The van der Waals surface area contributed by atoms with Gasteiger partial charge < -0.3 is 0 Å². The van der Waals surface area contributed by atoms with E-state index in [2.05, 4.69) is 9.82 Å². The second kappa shape index (κ2) is 7.41. The first-order valence-corrected chi connectivity index (χ1v) is 10.2. The van der Waals surface area contributed by atoms with Crippen LogP contribution in [0.2, 0.25) is 5.02 Å². The van der Waals surface area contributed by atoms with Crippen LogP contribution in [-0.2, 0) is 29.5 Å². The third-order valence-electron chi connectivity index (χ3n) is 4.16. The molecule has 0 atom stereocenters. The second-order valence-corrected chi connectivity index (χ2v) is 8.06. The number of nitrogens with one attached hydrogen (secondary N) is 1. The summed E-state index contributed by atoms with van der Waals surface area (Å²) in [6, 6.07) is 5.05. The average Bonchev–Trinajstić information content (AvgIpc) is 3.08. The molecule has 144 valence electrons. The molecule has 10 heteroatoms. The van der Waals surface area contributed by atoms with Gasteiger partial charge >= 0.3 is 0 Å². The molecule has 7 nitrogen and oxygen atoms in total. The maximum Gasteiger partial charge on any atom is 0.291 e. The molecule has 0 aliphatic heterocycles. The molecule has 0 unspecified atom stereocenters. The molecule has 0 fully saturated rings. The summed E-state index contributed by atoms with van der Waals surface area (Å²) in [4.78, 5) is 12.4. The highest BCUT2D eigenvalue weighted by atomic mass is 35.5. The zero-order valence-electron chi connectivity index (χ0n) is 14.7. The molecule has 0 saturated heterocycles. The van der Waals surface area contributed by atoms with Crippen LogP contribution in [0.3, 0.4) is 0 Å². The Bertz CT molecular complexity index is 1170. The van der Waals surface area contributed by atoms with Crippen molar-refractivity contribution in [2.45, 2.75) is 38.3 Å². The lowest BCUT2D eigenvalue weighted by molar-refractivity contribution is 0.579. The molecule has 0 amide bonds. The van der Waals surface area contributed by atoms with E-state index in [-0.39, 0.29) is 27.5 Å². The number of sulfonamides is 1. The standard InChI is InChI=1S/C17H18ClFN4O3S/c1-3-16-21-23(4-2)17(24)15-8-13(10-22(15)16)27(25,26)20-9-11-5-6-12(19)7-14(11)18/h5-8,10,20H,3-4,9H2,1-2H3. The van der Waals surface area contributed by atoms with Gasteiger partial charge in [0.15, 0.2) is 0 Å². The highest BCUT2D eigenvalue weighted by molar-refractivity contribution is 7.89. The minimum absolute atomic E-state index is 0.0526. The van der Waals surface area contributed by atoms with Crippen LogP contribution >= 0.6 is 11.6 Å². The minimum Gasteiger partial charge on any atom is -0.297 e. The van der Waals surface area contributed by atoms with Gasteiger partial charge in [0.25, 0.3) is 5.56 Å². The first-order chi connectivity index (χ1) is 12.8. The molecule has 1 aromatic carbocycles. The van der Waals surface area contributed by atoms with Gasteiger partial charge in [0, 0.05) is 30.7 Å². The molecule has 2 heterocycles. The number of halogens is 2. The topological polar surface area (TPSA) is 85.5 Å². The van der Waals surface area contributed by atoms with Crippen molar-refractivity contribution >= 4 is 27.1 Å². The fraction of sp³-hybridized carbons (Fsp3) is 0.294. The summed E-state index contributed by atoms with van der Waals surface area (Å²) in [6.45, 7) is 3.94. The van der Waals surface area contributed by atoms with Gasteiger partial charge in [-0.1, -0.05) is 24.6 Å². The Hall–Kier alpha value is -2.23. The van der Waals surface area contributed by atoms with Gasteiger partial charge in [-0.25, -0.2) is 22.2 Å². The van der Waals surface area contributed by atoms with Crippen molar-refractivity contribution in [3.8, 4) is 0 Å². The Morgan fingerprint density at radius 1 is 1.26 bits per heavy atom. The number of rotatable bonds is 6. The fourth-order valence-electron chi connectivity index (χ4n) is 2.71. The number of nitrogens with zero attached hydrogens (tertiary/aromatic N) is 3. The van der Waals surface area contributed by atoms with E-state index in [1.165, 1.54) is 33.5 Å². The van der Waals surface area contributed by atoms with Crippen LogP contribution in [-0.4, -0.2) is 22.6 Å². The number of aromatic nitrogens is 3. The molecule has 0 saturated carbocycles. The third kappa shape index (κ3) is 3.76. The molecular formula is C17H18ClFN4O3S. The van der Waals surface area contributed by atoms with Crippen molar-refractivity contribution in [3.05, 3.63) is 63.0 Å². The lowest BCUT2D eigenvalue weighted by Gasteiger charge is -2.07. The van der Waals surface area contributed by atoms with Crippen LogP contribution in [0.4, 0.5) is 4.39 Å². The molecule has 0 aliphatic rings. The van der Waals surface area contributed by atoms with Crippen molar-refractivity contribution < 1.29 is 12.8 Å². The molecule has 0 bridgehead atoms. The van der Waals surface area contributed by atoms with E-state index in [1.54, 1.807) is 6.92 Å². The lowest BCUT2D eigenvalue weighted by atomic mass is 10.2. The van der Waals surface area contributed by atoms with Crippen LogP contribution in [0.1, 0.15) is 25.2 Å². The molecule has 3 rings (SSSR count). The lowest BCUT2D eigenvalue weighted by Crippen LogP contribution is -2.26. The SMILES string of the molecule is CCc1nn(CC)c(=O)c2cc(S(=O)(=O)NCc3ccc(F)cc3Cl)cn12. The van der Waals surface area contributed by atoms with Crippen molar-refractivity contribution in [1.29, 1.82) is 0 Å². The van der Waals surface area contributed by atoms with Gasteiger partial charge in [0.1, 0.15) is 22.1 Å². The highest BCUT2D eigenvalue weighted by Gasteiger charge is 2.20. The van der Waals surface area contributed by atoms with Crippen molar-refractivity contribution in [2.75, 3.05) is 0 Å². The molecule has 0 aliphatic carbocycles. The molecule has 1 N–H and O–H groups in total. The van der Waals surface area contributed by atoms with Crippen LogP contribution in [0.25, 0.3) is 5.52 Å². The van der Waals surface area contributed by atoms with E-state index in [1.807, 2.05) is 6.92 Å². The van der Waals surface area contributed by atoms with Gasteiger partial charge in [0.05, 0.1) is 0 Å². The monoisotopic (exact) mass is 412 g/mol. The Morgan fingerprint density at radius 3 is 2.63 bits per heavy atom. The Labute approximate surface area is 160 Å². The fourth-order valence-corrected chi connectivity index (χ4v) is 3.96. The zero-order valence-corrected chi connectivity index (χ0v) is 16.3. The quantitative estimate of drug-likeness (QED) is 0.673. The Kier molecular flexibility index (Phi) is 5.36. The molecule has 2 aromatic heterocycles. The maximum absolute atomic E-state index is 13.1. The summed E-state index contributed by atoms with van der Waals surface area (Å²) in [5.74, 6) is 0.0755. The molecule has 0 radical (unpaired) electrons. The first kappa shape index (κ1) is 19.5. The number of fused-ring (bicyclic) bond motifs is 1. The van der Waals surface area contributed by atoms with Crippen LogP contribution in [0, 0.1) is 5.82 Å². The normalized spacial score (nSPS) is 12.0. The molecule has 27 heavy (non-hydrogen) atoms. The predicted octanol–water partition coefficient (Wildman–Crippen LogP) is 2.35. The van der Waals surface area contributed by atoms with Crippen molar-refractivity contribution in [2.24, 2.45) is 0 Å². The summed E-state index contributed by atoms with van der Waals surface area (Å²) in [6.07, 6.45) is 1.90. The predicted molar refractivity (Wildman–Crippen MR) is 99.9 cm³/mol. The van der Waals surface area contributed by atoms with Crippen molar-refractivity contribution in [1.82, 2.24) is 18.9 Å². The van der Waals surface area contributed by atoms with Crippen molar-refractivity contribution in [3.63, 3.8) is 0 Å². The number of benzene rings is 1. The minimum atomic E-state index is -3.91. The van der Waals surface area contributed by atoms with E-state index >= 15 is 0 Å². The van der Waals surface area contributed by atoms with Gasteiger partial charge in [-0.15, -0.1) is 0 Å². The van der Waals surface area contributed by atoms with Crippen LogP contribution < -0.4 is 10.3 Å². The molecule has 0 spiro atoms. The summed E-state index contributed by atoms with van der Waals surface area (Å²) in [7, 11) is -3.91. The number of hydrogen-bond acceptors (Lipinski definition) is 4. The number of hydrogen-bond donors (Lipinski definition) is 1. The van der Waals surface area contributed by atoms with Crippen LogP contribution in [0.15, 0.2) is 40.2 Å². The summed E-state index contributed by atoms with van der Waals surface area (Å²) < 4.78 is 43.6. The van der Waals surface area contributed by atoms with E-state index in [9.17, 15) is 17.6 Å². The van der Waals surface area contributed by atoms with Gasteiger partial charge in [-0.3, -0.25) is 9.20 Å². The van der Waals surface area contributed by atoms with E-state index in [0.29, 0.717) is 24.4 Å². The largest absolute Gasteiger partial charge is 0.297 e. The number of aryl methyl sites for hydroxylation is 2. The smallest absolute Gasteiger partial charge is 0.291 e. The summed E-state index contributed by atoms with van der Waals surface area (Å²) >= 11 is 5.93. The third-order valence-corrected chi connectivity index (χ3v) is 5.88. The van der Waals surface area contributed by atoms with E-state index in [4.69, 9.17) is 11.6 Å². The molecule has 3 aromatic rings. The average molecular weight is 413 g/mol. The van der Waals surface area contributed by atoms with Gasteiger partial charge in [-0.2, -0.15) is 5.10 Å². The van der Waals surface area contributed by atoms with E-state index < -0.39 is 15.8 Å². The van der Waals surface area contributed by atoms with Gasteiger partial charge in [0.2, 0.25) is 10.0 Å². The summed E-state index contributed by atoms with van der Waals surface area (Å²) in [5.41, 5.74) is 0.316. The Morgan fingerprint density at radius 2 is 2.00 bits per heavy atom. The van der Waals surface area contributed by atoms with Crippen LogP contribution in [0.5, 0.6) is 0 Å². The Balaban J connectivity index is 1.98. The maximum atomic E-state index is 13.1. The zero-order chi connectivity index (χ0) is 19.8. The highest BCUT2D eigenvalue weighted by Crippen LogP contribution is 2.19. The summed E-state index contributed by atoms with van der Waals surface area (Å²) in [5, 5.41) is 4.37. The first-order valence-electron chi connectivity index (χ1n) is 8.32.